The predicted octanol–water partition coefficient (Wildman–Crippen LogP) is 3.50. The highest BCUT2D eigenvalue weighted by molar-refractivity contribution is 5.91. The van der Waals surface area contributed by atoms with E-state index < -0.39 is 0 Å². The molecule has 3 aromatic rings. The molecule has 1 N–H and O–H groups in total. The Morgan fingerprint density at radius 2 is 1.77 bits per heavy atom. The van der Waals surface area contributed by atoms with Crippen LogP contribution in [-0.2, 0) is 13.1 Å². The molecule has 0 spiro atoms. The van der Waals surface area contributed by atoms with Crippen LogP contribution >= 0.6 is 0 Å². The van der Waals surface area contributed by atoms with Gasteiger partial charge in [-0.05, 0) is 11.6 Å². The molecular weight excluding hydrogens is 331 g/mol. The second-order valence-corrected chi connectivity index (χ2v) is 5.88. The van der Waals surface area contributed by atoms with Gasteiger partial charge in [0.05, 0.1) is 12.4 Å². The zero-order valence-electron chi connectivity index (χ0n) is 14.4. The maximum absolute atomic E-state index is 13.6. The van der Waals surface area contributed by atoms with E-state index in [4.69, 9.17) is 0 Å². The van der Waals surface area contributed by atoms with Gasteiger partial charge in [-0.2, -0.15) is 0 Å². The van der Waals surface area contributed by atoms with Gasteiger partial charge in [-0.1, -0.05) is 48.5 Å². The zero-order chi connectivity index (χ0) is 18.4. The minimum atomic E-state index is -0.276. The molecule has 0 radical (unpaired) electrons. The van der Waals surface area contributed by atoms with Gasteiger partial charge >= 0.3 is 0 Å². The molecule has 1 amide bonds. The third-order valence-corrected chi connectivity index (χ3v) is 3.90. The van der Waals surface area contributed by atoms with E-state index in [0.717, 1.165) is 5.56 Å². The van der Waals surface area contributed by atoms with Gasteiger partial charge in [0.15, 0.2) is 0 Å². The number of amides is 1. The van der Waals surface area contributed by atoms with Crippen molar-refractivity contribution in [3.05, 3.63) is 89.6 Å². The van der Waals surface area contributed by atoms with Crippen LogP contribution in [0.3, 0.4) is 0 Å². The lowest BCUT2D eigenvalue weighted by atomic mass is 10.2. The Morgan fingerprint density at radius 1 is 1.04 bits per heavy atom. The van der Waals surface area contributed by atoms with Crippen molar-refractivity contribution >= 4 is 11.7 Å². The standard InChI is InChI=1S/C20H19FN4O/c1-25(14-15-7-3-2-4-8-15)20(26)18-12-24-19(13-22-18)23-11-16-9-5-6-10-17(16)21/h2-10,12-13H,11,14H2,1H3,(H,23,24). The highest BCUT2D eigenvalue weighted by Crippen LogP contribution is 2.11. The van der Waals surface area contributed by atoms with Crippen LogP contribution in [0, 0.1) is 5.82 Å². The Kier molecular flexibility index (Phi) is 5.53. The molecule has 132 valence electrons. The van der Waals surface area contributed by atoms with Gasteiger partial charge in [0.25, 0.3) is 5.91 Å². The number of carbonyl (C=O) groups is 1. The van der Waals surface area contributed by atoms with Crippen LogP contribution in [0.4, 0.5) is 10.2 Å². The van der Waals surface area contributed by atoms with Crippen molar-refractivity contribution in [2.45, 2.75) is 13.1 Å². The Bertz CT molecular complexity index is 868. The minimum Gasteiger partial charge on any atom is -0.365 e. The van der Waals surface area contributed by atoms with Crippen LogP contribution in [-0.4, -0.2) is 27.8 Å². The average molecular weight is 350 g/mol. The van der Waals surface area contributed by atoms with Gasteiger partial charge in [0.2, 0.25) is 0 Å². The highest BCUT2D eigenvalue weighted by Gasteiger charge is 2.14. The lowest BCUT2D eigenvalue weighted by Gasteiger charge is -2.16. The summed E-state index contributed by atoms with van der Waals surface area (Å²) in [5, 5.41) is 3.00. The second-order valence-electron chi connectivity index (χ2n) is 5.88. The Balaban J connectivity index is 1.60. The molecule has 0 saturated carbocycles. The van der Waals surface area contributed by atoms with E-state index in [1.165, 1.54) is 18.5 Å². The SMILES string of the molecule is CN(Cc1ccccc1)C(=O)c1cnc(NCc2ccccc2F)cn1. The summed E-state index contributed by atoms with van der Waals surface area (Å²) in [6.07, 6.45) is 2.90. The maximum Gasteiger partial charge on any atom is 0.274 e. The van der Waals surface area contributed by atoms with Gasteiger partial charge in [-0.15, -0.1) is 0 Å². The summed E-state index contributed by atoms with van der Waals surface area (Å²) in [4.78, 5) is 22.4. The molecule has 5 nitrogen and oxygen atoms in total. The lowest BCUT2D eigenvalue weighted by molar-refractivity contribution is 0.0779. The van der Waals surface area contributed by atoms with Crippen molar-refractivity contribution in [1.29, 1.82) is 0 Å². The van der Waals surface area contributed by atoms with E-state index in [9.17, 15) is 9.18 Å². The van der Waals surface area contributed by atoms with Crippen LogP contribution in [0.5, 0.6) is 0 Å². The molecule has 0 aliphatic carbocycles. The van der Waals surface area contributed by atoms with Gasteiger partial charge in [0.1, 0.15) is 17.3 Å². The molecule has 26 heavy (non-hydrogen) atoms. The van der Waals surface area contributed by atoms with Crippen molar-refractivity contribution in [1.82, 2.24) is 14.9 Å². The normalized spacial score (nSPS) is 10.4. The van der Waals surface area contributed by atoms with Crippen molar-refractivity contribution in [2.24, 2.45) is 0 Å². The van der Waals surface area contributed by atoms with Gasteiger partial charge in [-0.3, -0.25) is 4.79 Å². The minimum absolute atomic E-state index is 0.206. The lowest BCUT2D eigenvalue weighted by Crippen LogP contribution is -2.27. The Morgan fingerprint density at radius 3 is 2.46 bits per heavy atom. The molecular formula is C20H19FN4O. The first-order chi connectivity index (χ1) is 12.6. The molecule has 2 aromatic carbocycles. The van der Waals surface area contributed by atoms with Gasteiger partial charge < -0.3 is 10.2 Å². The summed E-state index contributed by atoms with van der Waals surface area (Å²) in [7, 11) is 1.72. The molecule has 1 aromatic heterocycles. The monoisotopic (exact) mass is 350 g/mol. The van der Waals surface area contributed by atoms with E-state index in [2.05, 4.69) is 15.3 Å². The predicted molar refractivity (Wildman–Crippen MR) is 98.0 cm³/mol. The Hall–Kier alpha value is -3.28. The number of anilines is 1. The molecule has 6 heteroatoms. The number of benzene rings is 2. The van der Waals surface area contributed by atoms with Crippen LogP contribution in [0.15, 0.2) is 67.0 Å². The van der Waals surface area contributed by atoms with E-state index in [1.54, 1.807) is 30.1 Å². The van der Waals surface area contributed by atoms with E-state index >= 15 is 0 Å². The van der Waals surface area contributed by atoms with Crippen molar-refractivity contribution in [2.75, 3.05) is 12.4 Å². The molecule has 0 bridgehead atoms. The average Bonchev–Trinajstić information content (AvgIpc) is 2.68. The van der Waals surface area contributed by atoms with Crippen LogP contribution < -0.4 is 5.32 Å². The fourth-order valence-electron chi connectivity index (χ4n) is 2.48. The van der Waals surface area contributed by atoms with Gasteiger partial charge in [-0.25, -0.2) is 14.4 Å². The topological polar surface area (TPSA) is 58.1 Å². The number of hydrogen-bond acceptors (Lipinski definition) is 4. The smallest absolute Gasteiger partial charge is 0.274 e. The molecule has 0 atom stereocenters. The molecule has 0 unspecified atom stereocenters. The summed E-state index contributed by atoms with van der Waals surface area (Å²) in [5.74, 6) is -0.000170. The van der Waals surface area contributed by atoms with Crippen molar-refractivity contribution in [3.8, 4) is 0 Å². The summed E-state index contributed by atoms with van der Waals surface area (Å²) in [5.41, 5.74) is 1.84. The van der Waals surface area contributed by atoms with Crippen LogP contribution in [0.1, 0.15) is 21.6 Å². The van der Waals surface area contributed by atoms with Crippen LogP contribution in [0.25, 0.3) is 0 Å². The zero-order valence-corrected chi connectivity index (χ0v) is 14.4. The number of nitrogens with one attached hydrogen (secondary N) is 1. The first-order valence-corrected chi connectivity index (χ1v) is 8.22. The summed E-state index contributed by atoms with van der Waals surface area (Å²) < 4.78 is 13.6. The highest BCUT2D eigenvalue weighted by atomic mass is 19.1. The summed E-state index contributed by atoms with van der Waals surface area (Å²) in [6.45, 7) is 0.789. The molecule has 0 aliphatic heterocycles. The van der Waals surface area contributed by atoms with Gasteiger partial charge in [0, 0.05) is 25.7 Å². The quantitative estimate of drug-likeness (QED) is 0.739. The first kappa shape index (κ1) is 17.5. The van der Waals surface area contributed by atoms with E-state index in [1.807, 2.05) is 30.3 Å². The second kappa shape index (κ2) is 8.20. The fraction of sp³-hybridized carbons (Fsp3) is 0.150. The van der Waals surface area contributed by atoms with Crippen molar-refractivity contribution in [3.63, 3.8) is 0 Å². The summed E-state index contributed by atoms with van der Waals surface area (Å²) >= 11 is 0. The maximum atomic E-state index is 13.6. The number of carbonyl (C=O) groups excluding carboxylic acids is 1. The number of halogens is 1. The molecule has 0 fully saturated rings. The molecule has 1 heterocycles. The molecule has 0 aliphatic rings. The molecule has 0 saturated heterocycles. The third-order valence-electron chi connectivity index (χ3n) is 3.90. The van der Waals surface area contributed by atoms with E-state index in [-0.39, 0.29) is 17.4 Å². The van der Waals surface area contributed by atoms with Crippen LogP contribution in [0.2, 0.25) is 0 Å². The largest absolute Gasteiger partial charge is 0.365 e. The number of aromatic nitrogens is 2. The summed E-state index contributed by atoms with van der Waals surface area (Å²) in [6, 6.07) is 16.3. The van der Waals surface area contributed by atoms with E-state index in [0.29, 0.717) is 24.5 Å². The molecule has 3 rings (SSSR count). The number of hydrogen-bond donors (Lipinski definition) is 1. The van der Waals surface area contributed by atoms with Crippen molar-refractivity contribution < 1.29 is 9.18 Å². The fourth-order valence-corrected chi connectivity index (χ4v) is 2.48. The number of rotatable bonds is 6. The number of nitrogens with zero attached hydrogens (tertiary/aromatic N) is 3. The third kappa shape index (κ3) is 4.42. The Labute approximate surface area is 151 Å². The first-order valence-electron chi connectivity index (χ1n) is 8.22.